The van der Waals surface area contributed by atoms with Crippen LogP contribution >= 0.6 is 0 Å². The summed E-state index contributed by atoms with van der Waals surface area (Å²) < 4.78 is 22.6. The Hall–Kier alpha value is -0.980. The molecular weight excluding hydrogens is 236 g/mol. The molecule has 0 radical (unpaired) electrons. The number of fused-ring (bicyclic) bond motifs is 4. The Balaban J connectivity index is 1.60. The van der Waals surface area contributed by atoms with E-state index in [2.05, 4.69) is 0 Å². The van der Waals surface area contributed by atoms with Crippen LogP contribution < -0.4 is 0 Å². The summed E-state index contributed by atoms with van der Waals surface area (Å²) in [6.45, 7) is 0.404. The maximum atomic E-state index is 10.1. The van der Waals surface area contributed by atoms with E-state index in [1.807, 2.05) is 30.3 Å². The fraction of sp³-hybridized carbons (Fsp3) is 0.538. The second kappa shape index (κ2) is 4.01. The van der Waals surface area contributed by atoms with Gasteiger partial charge in [-0.15, -0.1) is 0 Å². The summed E-state index contributed by atoms with van der Waals surface area (Å²) in [6.07, 6.45) is -2.60. The van der Waals surface area contributed by atoms with E-state index in [9.17, 15) is 5.11 Å². The van der Waals surface area contributed by atoms with Gasteiger partial charge in [-0.2, -0.15) is 0 Å². The molecule has 5 nitrogen and oxygen atoms in total. The zero-order chi connectivity index (χ0) is 12.1. The second-order valence-electron chi connectivity index (χ2n) is 4.81. The van der Waals surface area contributed by atoms with Crippen molar-refractivity contribution in [1.29, 1.82) is 0 Å². The van der Waals surface area contributed by atoms with E-state index in [1.54, 1.807) is 0 Å². The van der Waals surface area contributed by atoms with Crippen LogP contribution in [0.25, 0.3) is 0 Å². The van der Waals surface area contributed by atoms with Gasteiger partial charge >= 0.3 is 0 Å². The third-order valence-corrected chi connectivity index (χ3v) is 3.68. The van der Waals surface area contributed by atoms with Gasteiger partial charge in [0.2, 0.25) is 0 Å². The summed E-state index contributed by atoms with van der Waals surface area (Å²) in [5.41, 5.74) is 0.940. The molecule has 0 aliphatic carbocycles. The summed E-state index contributed by atoms with van der Waals surface area (Å²) in [7, 11) is 0. The van der Waals surface area contributed by atoms with Crippen LogP contribution in [0.5, 0.6) is 0 Å². The molecule has 6 atom stereocenters. The van der Waals surface area contributed by atoms with E-state index < -0.39 is 18.7 Å². The first-order valence-electron chi connectivity index (χ1n) is 6.14. The minimum absolute atomic E-state index is 0.297. The standard InChI is InChI=1S/C13H14O5/c14-9-8-6-15-13(16-8)11-10(9)17-12(18-11)7-4-2-1-3-5-7/h1-5,8-14H,6H2/t8-,9-,10-,11-,12+,13+/m1/s1. The third-order valence-electron chi connectivity index (χ3n) is 3.68. The number of rotatable bonds is 1. The van der Waals surface area contributed by atoms with Gasteiger partial charge in [0.15, 0.2) is 12.6 Å². The van der Waals surface area contributed by atoms with E-state index >= 15 is 0 Å². The van der Waals surface area contributed by atoms with E-state index in [0.29, 0.717) is 6.61 Å². The van der Waals surface area contributed by atoms with Crippen molar-refractivity contribution >= 4 is 0 Å². The van der Waals surface area contributed by atoms with Crippen molar-refractivity contribution in [3.8, 4) is 0 Å². The molecule has 4 rings (SSSR count). The maximum Gasteiger partial charge on any atom is 0.187 e. The molecule has 96 valence electrons. The summed E-state index contributed by atoms with van der Waals surface area (Å²) >= 11 is 0. The van der Waals surface area contributed by atoms with Gasteiger partial charge in [-0.3, -0.25) is 0 Å². The van der Waals surface area contributed by atoms with Crippen LogP contribution in [-0.2, 0) is 18.9 Å². The van der Waals surface area contributed by atoms with Crippen molar-refractivity contribution in [2.45, 2.75) is 37.0 Å². The van der Waals surface area contributed by atoms with Gasteiger partial charge in [0, 0.05) is 5.56 Å². The van der Waals surface area contributed by atoms with Crippen molar-refractivity contribution in [3.63, 3.8) is 0 Å². The lowest BCUT2D eigenvalue weighted by atomic mass is 10.0. The first-order valence-corrected chi connectivity index (χ1v) is 6.14. The van der Waals surface area contributed by atoms with Crippen molar-refractivity contribution in [1.82, 2.24) is 0 Å². The quantitative estimate of drug-likeness (QED) is 0.790. The highest BCUT2D eigenvalue weighted by atomic mass is 16.8. The van der Waals surface area contributed by atoms with Gasteiger partial charge in [0.25, 0.3) is 0 Å². The number of aliphatic hydroxyl groups excluding tert-OH is 1. The normalized spacial score (nSPS) is 46.1. The molecule has 0 spiro atoms. The molecule has 1 N–H and O–H groups in total. The molecule has 3 saturated heterocycles. The molecule has 0 saturated carbocycles. The second-order valence-corrected chi connectivity index (χ2v) is 4.81. The molecule has 3 heterocycles. The van der Waals surface area contributed by atoms with Gasteiger partial charge in [-0.1, -0.05) is 30.3 Å². The van der Waals surface area contributed by atoms with Crippen molar-refractivity contribution in [3.05, 3.63) is 35.9 Å². The number of benzene rings is 1. The molecule has 0 amide bonds. The fourth-order valence-corrected chi connectivity index (χ4v) is 2.74. The molecule has 1 aromatic rings. The lowest BCUT2D eigenvalue weighted by molar-refractivity contribution is -0.194. The van der Waals surface area contributed by atoms with Crippen molar-refractivity contribution in [2.24, 2.45) is 0 Å². The molecule has 18 heavy (non-hydrogen) atoms. The highest BCUT2D eigenvalue weighted by molar-refractivity contribution is 5.17. The SMILES string of the molecule is O[C@H]1[C@H]2O[C@H](c3ccccc3)O[C@H]2[C@H]2OC[C@H]1O2. The summed E-state index contributed by atoms with van der Waals surface area (Å²) in [5.74, 6) is 0. The van der Waals surface area contributed by atoms with E-state index in [-0.39, 0.29) is 18.3 Å². The number of aliphatic hydroxyl groups is 1. The van der Waals surface area contributed by atoms with E-state index in [4.69, 9.17) is 18.9 Å². The zero-order valence-electron chi connectivity index (χ0n) is 9.64. The average molecular weight is 250 g/mol. The minimum Gasteiger partial charge on any atom is -0.387 e. The zero-order valence-corrected chi connectivity index (χ0v) is 9.64. The lowest BCUT2D eigenvalue weighted by Gasteiger charge is -2.31. The number of hydrogen-bond donors (Lipinski definition) is 1. The molecule has 5 heteroatoms. The Morgan fingerprint density at radius 1 is 1.00 bits per heavy atom. The Kier molecular flexibility index (Phi) is 2.43. The van der Waals surface area contributed by atoms with Crippen molar-refractivity contribution in [2.75, 3.05) is 6.61 Å². The van der Waals surface area contributed by atoms with Crippen LogP contribution in [0.3, 0.4) is 0 Å². The van der Waals surface area contributed by atoms with Gasteiger partial charge in [-0.25, -0.2) is 0 Å². The Labute approximate surface area is 104 Å². The molecule has 0 unspecified atom stereocenters. The van der Waals surface area contributed by atoms with Gasteiger partial charge < -0.3 is 24.1 Å². The minimum atomic E-state index is -0.692. The Morgan fingerprint density at radius 3 is 2.61 bits per heavy atom. The lowest BCUT2D eigenvalue weighted by Crippen LogP contribution is -2.52. The van der Waals surface area contributed by atoms with Crippen LogP contribution in [0.2, 0.25) is 0 Å². The summed E-state index contributed by atoms with van der Waals surface area (Å²) in [5, 5.41) is 10.1. The molecule has 1 aromatic carbocycles. The average Bonchev–Trinajstić information content (AvgIpc) is 3.04. The van der Waals surface area contributed by atoms with Gasteiger partial charge in [0.1, 0.15) is 24.4 Å². The molecule has 3 aliphatic rings. The highest BCUT2D eigenvalue weighted by Gasteiger charge is 2.56. The molecule has 3 aliphatic heterocycles. The smallest absolute Gasteiger partial charge is 0.187 e. The largest absolute Gasteiger partial charge is 0.387 e. The van der Waals surface area contributed by atoms with Gasteiger partial charge in [0.05, 0.1) is 6.61 Å². The van der Waals surface area contributed by atoms with Gasteiger partial charge in [-0.05, 0) is 0 Å². The molecular formula is C13H14O5. The Bertz CT molecular complexity index is 430. The number of hydrogen-bond acceptors (Lipinski definition) is 5. The summed E-state index contributed by atoms with van der Waals surface area (Å²) in [4.78, 5) is 0. The first-order chi connectivity index (χ1) is 8.83. The monoisotopic (exact) mass is 250 g/mol. The number of ether oxygens (including phenoxy) is 4. The summed E-state index contributed by atoms with van der Waals surface area (Å²) in [6, 6.07) is 9.68. The van der Waals surface area contributed by atoms with Crippen LogP contribution in [0.4, 0.5) is 0 Å². The van der Waals surface area contributed by atoms with Crippen LogP contribution in [0.15, 0.2) is 30.3 Å². The molecule has 2 bridgehead atoms. The Morgan fingerprint density at radius 2 is 1.78 bits per heavy atom. The van der Waals surface area contributed by atoms with Crippen LogP contribution in [0, 0.1) is 0 Å². The maximum absolute atomic E-state index is 10.1. The third kappa shape index (κ3) is 1.52. The molecule has 0 aromatic heterocycles. The predicted molar refractivity (Wildman–Crippen MR) is 59.5 cm³/mol. The van der Waals surface area contributed by atoms with Crippen LogP contribution in [-0.4, -0.2) is 42.4 Å². The fourth-order valence-electron chi connectivity index (χ4n) is 2.74. The van der Waals surface area contributed by atoms with E-state index in [1.165, 1.54) is 0 Å². The van der Waals surface area contributed by atoms with Crippen LogP contribution in [0.1, 0.15) is 11.9 Å². The molecule has 3 fully saturated rings. The predicted octanol–water partition coefficient (Wildman–Crippen LogP) is 0.585. The van der Waals surface area contributed by atoms with Crippen molar-refractivity contribution < 1.29 is 24.1 Å². The first kappa shape index (κ1) is 10.9. The topological polar surface area (TPSA) is 57.2 Å². The van der Waals surface area contributed by atoms with E-state index in [0.717, 1.165) is 5.56 Å². The highest BCUT2D eigenvalue weighted by Crippen LogP contribution is 2.41.